The number of hydrogen-bond acceptors (Lipinski definition) is 1. The van der Waals surface area contributed by atoms with Crippen LogP contribution < -0.4 is 0 Å². The molecule has 27 heavy (non-hydrogen) atoms. The van der Waals surface area contributed by atoms with Crippen molar-refractivity contribution in [2.75, 3.05) is 12.4 Å². The van der Waals surface area contributed by atoms with Gasteiger partial charge in [-0.2, -0.15) is 0 Å². The van der Waals surface area contributed by atoms with Crippen LogP contribution in [0.5, 0.6) is 0 Å². The van der Waals surface area contributed by atoms with E-state index in [-0.39, 0.29) is 0 Å². The molecule has 0 radical (unpaired) electrons. The van der Waals surface area contributed by atoms with E-state index in [4.69, 9.17) is 4.74 Å². The van der Waals surface area contributed by atoms with Gasteiger partial charge in [-0.3, -0.25) is 0 Å². The largest absolute Gasteiger partial charge is 0.378 e. The predicted molar refractivity (Wildman–Crippen MR) is 118 cm³/mol. The molecule has 2 unspecified atom stereocenters. The van der Waals surface area contributed by atoms with Crippen molar-refractivity contribution in [2.45, 2.75) is 74.5 Å². The minimum absolute atomic E-state index is 0.330. The lowest BCUT2D eigenvalue weighted by atomic mass is 10.0. The zero-order chi connectivity index (χ0) is 18.6. The molecule has 2 heteroatoms. The van der Waals surface area contributed by atoms with Crippen molar-refractivity contribution in [1.82, 2.24) is 0 Å². The lowest BCUT2D eigenvalue weighted by Gasteiger charge is -2.22. The first-order valence-electron chi connectivity index (χ1n) is 10.8. The normalized spacial score (nSPS) is 18.3. The number of rotatable bonds is 11. The highest BCUT2D eigenvalue weighted by Crippen LogP contribution is 2.22. The van der Waals surface area contributed by atoms with Crippen molar-refractivity contribution >= 4 is 10.9 Å². The van der Waals surface area contributed by atoms with E-state index in [1.807, 2.05) is 0 Å². The number of unbranched alkanes of at least 4 members (excludes halogenated alkanes) is 4. The minimum Gasteiger partial charge on any atom is -0.378 e. The second kappa shape index (κ2) is 12.3. The van der Waals surface area contributed by atoms with Gasteiger partial charge in [0.25, 0.3) is 0 Å². The Morgan fingerprint density at radius 1 is 0.778 bits per heavy atom. The summed E-state index contributed by atoms with van der Waals surface area (Å²) in [5.41, 5.74) is 1.47. The summed E-state index contributed by atoms with van der Waals surface area (Å²) in [4.78, 5) is 1.52. The number of ether oxygens (including phenoxy) is 1. The van der Waals surface area contributed by atoms with Crippen molar-refractivity contribution in [2.24, 2.45) is 0 Å². The third-order valence-corrected chi connectivity index (χ3v) is 7.85. The van der Waals surface area contributed by atoms with Gasteiger partial charge in [-0.1, -0.05) is 67.8 Å². The van der Waals surface area contributed by atoms with Crippen LogP contribution in [-0.4, -0.2) is 18.5 Å². The van der Waals surface area contributed by atoms with Gasteiger partial charge in [0.1, 0.15) is 11.5 Å². The second-order valence-corrected chi connectivity index (χ2v) is 9.84. The van der Waals surface area contributed by atoms with E-state index in [9.17, 15) is 0 Å². The highest BCUT2D eigenvalue weighted by Gasteiger charge is 2.21. The number of hydrogen-bond donors (Lipinski definition) is 0. The Kier molecular flexibility index (Phi) is 9.30. The van der Waals surface area contributed by atoms with Crippen LogP contribution in [0.2, 0.25) is 0 Å². The fourth-order valence-corrected chi connectivity index (χ4v) is 6.11. The molecule has 0 aliphatic carbocycles. The van der Waals surface area contributed by atoms with Gasteiger partial charge in [-0.15, -0.1) is 0 Å². The first-order chi connectivity index (χ1) is 13.4. The molecule has 1 saturated heterocycles. The van der Waals surface area contributed by atoms with Crippen molar-refractivity contribution in [3.05, 3.63) is 66.2 Å². The van der Waals surface area contributed by atoms with E-state index in [0.717, 1.165) is 6.61 Å². The van der Waals surface area contributed by atoms with Gasteiger partial charge < -0.3 is 4.74 Å². The monoisotopic (exact) mass is 383 g/mol. The van der Waals surface area contributed by atoms with Gasteiger partial charge in [-0.25, -0.2) is 0 Å². The Bertz CT molecular complexity index is 607. The lowest BCUT2D eigenvalue weighted by molar-refractivity contribution is 0.00977. The van der Waals surface area contributed by atoms with Gasteiger partial charge in [0.05, 0.1) is 6.10 Å². The molecule has 1 nitrogen and oxygen atoms in total. The van der Waals surface area contributed by atoms with Gasteiger partial charge in [0.15, 0.2) is 4.90 Å². The summed E-state index contributed by atoms with van der Waals surface area (Å²) in [7, 11) is 0.330. The van der Waals surface area contributed by atoms with Crippen LogP contribution in [0.25, 0.3) is 0 Å². The fourth-order valence-electron chi connectivity index (χ4n) is 3.88. The van der Waals surface area contributed by atoms with E-state index in [1.165, 1.54) is 79.8 Å². The molecule has 146 valence electrons. The molecule has 1 aliphatic rings. The van der Waals surface area contributed by atoms with Crippen molar-refractivity contribution in [3.63, 3.8) is 0 Å². The van der Waals surface area contributed by atoms with E-state index in [0.29, 0.717) is 17.0 Å². The Hall–Kier alpha value is -1.25. The molecule has 1 fully saturated rings. The molecule has 0 bridgehead atoms. The average molecular weight is 384 g/mol. The molecule has 2 aromatic rings. The van der Waals surface area contributed by atoms with Crippen LogP contribution in [0.3, 0.4) is 0 Å². The molecule has 2 atom stereocenters. The third-order valence-electron chi connectivity index (χ3n) is 5.45. The van der Waals surface area contributed by atoms with Crippen molar-refractivity contribution in [3.8, 4) is 0 Å². The van der Waals surface area contributed by atoms with E-state index in [1.54, 1.807) is 0 Å². The standard InChI is InChI=1S/C25H35OS/c1(2-8-16-24-17-11-12-20-26-24)3-13-21-27(25-18-9-5-10-19-25)22-23-14-6-4-7-15-23/h4-7,9-10,14-15,18-19,24H,1-3,8,11-13,16-17,20-22H2/q+1. The van der Waals surface area contributed by atoms with Crippen molar-refractivity contribution in [1.29, 1.82) is 0 Å². The molecule has 2 aromatic carbocycles. The molecule has 0 aromatic heterocycles. The summed E-state index contributed by atoms with van der Waals surface area (Å²) in [6.07, 6.45) is 12.6. The van der Waals surface area contributed by atoms with Crippen LogP contribution in [0, 0.1) is 0 Å². The molecular formula is C25H35OS+. The summed E-state index contributed by atoms with van der Waals surface area (Å²) in [5.74, 6) is 2.51. The molecule has 1 heterocycles. The van der Waals surface area contributed by atoms with Gasteiger partial charge in [0.2, 0.25) is 0 Å². The van der Waals surface area contributed by atoms with E-state index < -0.39 is 0 Å². The Morgan fingerprint density at radius 2 is 1.48 bits per heavy atom. The van der Waals surface area contributed by atoms with Gasteiger partial charge in [-0.05, 0) is 50.7 Å². The van der Waals surface area contributed by atoms with Crippen LogP contribution in [-0.2, 0) is 21.4 Å². The highest BCUT2D eigenvalue weighted by atomic mass is 32.2. The Labute approximate surface area is 168 Å². The third kappa shape index (κ3) is 7.71. The number of benzene rings is 2. The first-order valence-corrected chi connectivity index (χ1v) is 12.4. The molecular weight excluding hydrogens is 348 g/mol. The summed E-state index contributed by atoms with van der Waals surface area (Å²) in [6.45, 7) is 0.994. The van der Waals surface area contributed by atoms with E-state index >= 15 is 0 Å². The maximum absolute atomic E-state index is 5.84. The Morgan fingerprint density at radius 3 is 2.22 bits per heavy atom. The van der Waals surface area contributed by atoms with E-state index in [2.05, 4.69) is 60.7 Å². The minimum atomic E-state index is 0.330. The maximum atomic E-state index is 5.84. The first kappa shape index (κ1) is 20.5. The quantitative estimate of drug-likeness (QED) is 0.307. The zero-order valence-electron chi connectivity index (χ0n) is 16.7. The topological polar surface area (TPSA) is 9.23 Å². The van der Waals surface area contributed by atoms with Crippen LogP contribution in [0.1, 0.15) is 63.4 Å². The van der Waals surface area contributed by atoms with Crippen LogP contribution in [0.15, 0.2) is 65.6 Å². The summed E-state index contributed by atoms with van der Waals surface area (Å²) in [6, 6.07) is 22.1. The van der Waals surface area contributed by atoms with Crippen LogP contribution in [0.4, 0.5) is 0 Å². The lowest BCUT2D eigenvalue weighted by Crippen LogP contribution is -2.18. The molecule has 3 rings (SSSR count). The maximum Gasteiger partial charge on any atom is 0.155 e. The van der Waals surface area contributed by atoms with Crippen LogP contribution >= 0.6 is 0 Å². The zero-order valence-corrected chi connectivity index (χ0v) is 17.5. The predicted octanol–water partition coefficient (Wildman–Crippen LogP) is 6.77. The molecule has 0 spiro atoms. The average Bonchev–Trinajstić information content (AvgIpc) is 2.74. The molecule has 1 aliphatic heterocycles. The summed E-state index contributed by atoms with van der Waals surface area (Å²) < 4.78 is 5.84. The molecule has 0 amide bonds. The second-order valence-electron chi connectivity index (χ2n) is 7.68. The fraction of sp³-hybridized carbons (Fsp3) is 0.520. The highest BCUT2D eigenvalue weighted by molar-refractivity contribution is 7.96. The smallest absolute Gasteiger partial charge is 0.155 e. The summed E-state index contributed by atoms with van der Waals surface area (Å²) >= 11 is 0. The van der Waals surface area contributed by atoms with Crippen molar-refractivity contribution < 1.29 is 4.74 Å². The molecule has 0 N–H and O–H groups in total. The molecule has 0 saturated carbocycles. The van der Waals surface area contributed by atoms with Gasteiger partial charge in [0, 0.05) is 23.1 Å². The Balaban J connectivity index is 1.36. The summed E-state index contributed by atoms with van der Waals surface area (Å²) in [5, 5.41) is 0. The van der Waals surface area contributed by atoms with Gasteiger partial charge >= 0.3 is 0 Å². The SMILES string of the molecule is c1ccc(C[S+](CCCCCCCC2CCCCO2)c2ccccc2)cc1.